The molecule has 1 saturated carbocycles. The molecule has 0 spiro atoms. The average molecular weight is 204 g/mol. The predicted molar refractivity (Wildman–Crippen MR) is 46.4 cm³/mol. The molecule has 6 atom stereocenters. The molecule has 1 aliphatic carbocycles. The summed E-state index contributed by atoms with van der Waals surface area (Å²) >= 11 is 0. The normalized spacial score (nSPS) is 56.8. The molecule has 1 saturated heterocycles. The van der Waals surface area contributed by atoms with Gasteiger partial charge < -0.3 is 24.8 Å². The Balaban J connectivity index is 2.18. The first-order valence-corrected chi connectivity index (χ1v) is 4.72. The number of aliphatic hydroxyl groups is 3. The fourth-order valence-electron chi connectivity index (χ4n) is 2.50. The summed E-state index contributed by atoms with van der Waals surface area (Å²) in [6, 6.07) is 0. The largest absolute Gasteiger partial charge is 0.394 e. The van der Waals surface area contributed by atoms with E-state index in [9.17, 15) is 10.2 Å². The van der Waals surface area contributed by atoms with E-state index in [-0.39, 0.29) is 12.5 Å². The van der Waals surface area contributed by atoms with Gasteiger partial charge in [0.15, 0.2) is 6.29 Å². The van der Waals surface area contributed by atoms with Crippen LogP contribution in [0.3, 0.4) is 0 Å². The molecule has 3 unspecified atom stereocenters. The molecule has 0 aromatic heterocycles. The van der Waals surface area contributed by atoms with Gasteiger partial charge in [0.2, 0.25) is 0 Å². The second kappa shape index (κ2) is 3.15. The van der Waals surface area contributed by atoms with Gasteiger partial charge in [0.25, 0.3) is 0 Å². The van der Waals surface area contributed by atoms with Crippen LogP contribution in [0.15, 0.2) is 0 Å². The summed E-state index contributed by atoms with van der Waals surface area (Å²) in [5.41, 5.74) is -0.525. The van der Waals surface area contributed by atoms with E-state index >= 15 is 0 Å². The summed E-state index contributed by atoms with van der Waals surface area (Å²) in [5, 5.41) is 28.5. The van der Waals surface area contributed by atoms with Crippen LogP contribution in [0.2, 0.25) is 0 Å². The van der Waals surface area contributed by atoms with Crippen LogP contribution in [-0.4, -0.2) is 53.6 Å². The molecular weight excluding hydrogens is 188 g/mol. The lowest BCUT2D eigenvalue weighted by Gasteiger charge is -2.35. The summed E-state index contributed by atoms with van der Waals surface area (Å²) in [7, 11) is 1.43. The molecule has 2 aliphatic rings. The Bertz CT molecular complexity index is 229. The molecule has 0 bridgehead atoms. The highest BCUT2D eigenvalue weighted by Gasteiger charge is 2.72. The van der Waals surface area contributed by atoms with Crippen LogP contribution in [0.4, 0.5) is 0 Å². The zero-order valence-electron chi connectivity index (χ0n) is 8.25. The summed E-state index contributed by atoms with van der Waals surface area (Å²) in [6.45, 7) is 1.63. The van der Waals surface area contributed by atoms with Gasteiger partial charge in [0.1, 0.15) is 6.10 Å². The summed E-state index contributed by atoms with van der Waals surface area (Å²) < 4.78 is 10.3. The Morgan fingerprint density at radius 3 is 2.57 bits per heavy atom. The Morgan fingerprint density at radius 2 is 2.07 bits per heavy atom. The Kier molecular flexibility index (Phi) is 2.32. The third-order valence-corrected chi connectivity index (χ3v) is 3.62. The molecule has 1 aliphatic heterocycles. The lowest BCUT2D eigenvalue weighted by atomic mass is 9.93. The van der Waals surface area contributed by atoms with Crippen LogP contribution >= 0.6 is 0 Å². The monoisotopic (exact) mass is 204 g/mol. The van der Waals surface area contributed by atoms with E-state index in [2.05, 4.69) is 0 Å². The highest BCUT2D eigenvalue weighted by atomic mass is 16.7. The topological polar surface area (TPSA) is 79.2 Å². The van der Waals surface area contributed by atoms with Crippen LogP contribution in [0.25, 0.3) is 0 Å². The van der Waals surface area contributed by atoms with Gasteiger partial charge in [0, 0.05) is 18.4 Å². The first kappa shape index (κ1) is 10.3. The number of fused-ring (bicyclic) bond motifs is 1. The zero-order chi connectivity index (χ0) is 10.5. The molecule has 1 heterocycles. The van der Waals surface area contributed by atoms with E-state index in [1.165, 1.54) is 7.11 Å². The number of methoxy groups -OCH3 is 1. The van der Waals surface area contributed by atoms with Crippen LogP contribution in [0.5, 0.6) is 0 Å². The number of hydrogen-bond acceptors (Lipinski definition) is 5. The van der Waals surface area contributed by atoms with Crippen molar-refractivity contribution in [3.63, 3.8) is 0 Å². The first-order valence-electron chi connectivity index (χ1n) is 4.72. The maximum atomic E-state index is 9.74. The number of ether oxygens (including phenoxy) is 2. The van der Waals surface area contributed by atoms with Gasteiger partial charge in [-0.2, -0.15) is 0 Å². The van der Waals surface area contributed by atoms with Gasteiger partial charge in [-0.05, 0) is 0 Å². The average Bonchev–Trinajstić information content (AvgIpc) is 2.72. The van der Waals surface area contributed by atoms with Gasteiger partial charge in [-0.15, -0.1) is 0 Å². The van der Waals surface area contributed by atoms with E-state index in [0.717, 1.165) is 0 Å². The molecule has 82 valence electrons. The summed E-state index contributed by atoms with van der Waals surface area (Å²) in [5.74, 6) is -0.252. The fraction of sp³-hybridized carbons (Fsp3) is 1.00. The van der Waals surface area contributed by atoms with Crippen LogP contribution in [0, 0.1) is 11.3 Å². The molecule has 0 amide bonds. The van der Waals surface area contributed by atoms with Gasteiger partial charge in [0.05, 0.1) is 18.8 Å². The van der Waals surface area contributed by atoms with E-state index in [1.54, 1.807) is 6.92 Å². The number of rotatable bonds is 2. The summed E-state index contributed by atoms with van der Waals surface area (Å²) in [6.07, 6.45) is -2.64. The van der Waals surface area contributed by atoms with Gasteiger partial charge in [-0.3, -0.25) is 0 Å². The number of hydrogen-bond donors (Lipinski definition) is 3. The molecule has 0 radical (unpaired) electrons. The highest BCUT2D eigenvalue weighted by molar-refractivity contribution is 5.18. The van der Waals surface area contributed by atoms with Crippen molar-refractivity contribution in [3.05, 3.63) is 0 Å². The van der Waals surface area contributed by atoms with E-state index in [1.807, 2.05) is 0 Å². The lowest BCUT2D eigenvalue weighted by molar-refractivity contribution is -0.251. The van der Waals surface area contributed by atoms with Crippen molar-refractivity contribution in [1.82, 2.24) is 0 Å². The van der Waals surface area contributed by atoms with E-state index < -0.39 is 30.0 Å². The van der Waals surface area contributed by atoms with Crippen molar-refractivity contribution in [2.24, 2.45) is 11.3 Å². The minimum atomic E-state index is -0.817. The van der Waals surface area contributed by atoms with E-state index in [0.29, 0.717) is 0 Å². The molecule has 2 rings (SSSR count). The van der Waals surface area contributed by atoms with Gasteiger partial charge in [-0.25, -0.2) is 0 Å². The molecular formula is C9H16O5. The summed E-state index contributed by atoms with van der Waals surface area (Å²) in [4.78, 5) is 0. The Morgan fingerprint density at radius 1 is 1.43 bits per heavy atom. The van der Waals surface area contributed by atoms with Crippen LogP contribution in [-0.2, 0) is 9.47 Å². The van der Waals surface area contributed by atoms with E-state index in [4.69, 9.17) is 14.6 Å². The second-order valence-corrected chi connectivity index (χ2v) is 4.24. The van der Waals surface area contributed by atoms with Crippen molar-refractivity contribution in [2.75, 3.05) is 13.7 Å². The molecule has 14 heavy (non-hydrogen) atoms. The van der Waals surface area contributed by atoms with Gasteiger partial charge in [-0.1, -0.05) is 6.92 Å². The maximum absolute atomic E-state index is 9.74. The predicted octanol–water partition coefficient (Wildman–Crippen LogP) is -1.29. The SMILES string of the molecule is CO[C@@H]1OC(CO)[C@@]2(C)C(O)[C@@H]2C1O. The Hall–Kier alpha value is -0.200. The van der Waals surface area contributed by atoms with Crippen LogP contribution < -0.4 is 0 Å². The third-order valence-electron chi connectivity index (χ3n) is 3.62. The van der Waals surface area contributed by atoms with Crippen molar-refractivity contribution in [3.8, 4) is 0 Å². The third kappa shape index (κ3) is 1.07. The van der Waals surface area contributed by atoms with Crippen molar-refractivity contribution >= 4 is 0 Å². The fourth-order valence-corrected chi connectivity index (χ4v) is 2.50. The smallest absolute Gasteiger partial charge is 0.183 e. The highest BCUT2D eigenvalue weighted by Crippen LogP contribution is 2.60. The zero-order valence-corrected chi connectivity index (χ0v) is 8.25. The first-order chi connectivity index (χ1) is 6.57. The molecule has 0 aromatic carbocycles. The van der Waals surface area contributed by atoms with Crippen molar-refractivity contribution in [1.29, 1.82) is 0 Å². The minimum absolute atomic E-state index is 0.170. The molecule has 5 heteroatoms. The molecule has 3 N–H and O–H groups in total. The molecule has 5 nitrogen and oxygen atoms in total. The minimum Gasteiger partial charge on any atom is -0.394 e. The second-order valence-electron chi connectivity index (χ2n) is 4.24. The number of aliphatic hydroxyl groups excluding tert-OH is 3. The van der Waals surface area contributed by atoms with Gasteiger partial charge >= 0.3 is 0 Å². The Labute approximate surface area is 82.3 Å². The quantitative estimate of drug-likeness (QED) is 0.521. The van der Waals surface area contributed by atoms with Crippen molar-refractivity contribution < 1.29 is 24.8 Å². The standard InChI is InChI=1S/C9H16O5/c1-9-4(3-10)14-8(13-2)6(11)5(9)7(9)12/h4-8,10-12H,3H2,1-2H3/t4?,5-,6?,7?,8+,9+/m0/s1. The lowest BCUT2D eigenvalue weighted by Crippen LogP contribution is -2.47. The van der Waals surface area contributed by atoms with Crippen molar-refractivity contribution in [2.45, 2.75) is 31.5 Å². The molecule has 0 aromatic rings. The van der Waals surface area contributed by atoms with Crippen LogP contribution in [0.1, 0.15) is 6.92 Å². The molecule has 2 fully saturated rings. The maximum Gasteiger partial charge on any atom is 0.183 e.